The number of nitrogens with zero attached hydrogens (tertiary/aromatic N) is 2. The molecule has 1 aliphatic carbocycles. The Kier molecular flexibility index (Phi) is 11.0. The van der Waals surface area contributed by atoms with Gasteiger partial charge in [0.15, 0.2) is 17.3 Å². The molecule has 3 aliphatic heterocycles. The molecule has 50 heavy (non-hydrogen) atoms. The molecule has 2 saturated heterocycles. The summed E-state index contributed by atoms with van der Waals surface area (Å²) in [7, 11) is -2.52. The molecule has 0 aromatic heterocycles. The van der Waals surface area contributed by atoms with Gasteiger partial charge in [-0.2, -0.15) is 9.59 Å². The number of hydrogen-bond acceptors (Lipinski definition) is 7. The van der Waals surface area contributed by atoms with Crippen LogP contribution in [0.1, 0.15) is 80.9 Å². The van der Waals surface area contributed by atoms with Crippen molar-refractivity contribution in [3.05, 3.63) is 86.9 Å². The number of fused-ring (bicyclic) bond motifs is 2. The Morgan fingerprint density at radius 2 is 1.68 bits per heavy atom. The zero-order valence-corrected chi connectivity index (χ0v) is 29.5. The molecule has 0 saturated carbocycles. The van der Waals surface area contributed by atoms with Gasteiger partial charge in [-0.1, -0.05) is 47.4 Å². The molecule has 0 N–H and O–H groups in total. The third-order valence-corrected chi connectivity index (χ3v) is 13.3. The van der Waals surface area contributed by atoms with Crippen LogP contribution in [-0.4, -0.2) is 69.2 Å². The third-order valence-electron chi connectivity index (χ3n) is 9.82. The predicted octanol–water partition coefficient (Wildman–Crippen LogP) is 5.05. The Labute approximate surface area is 291 Å². The van der Waals surface area contributed by atoms with Gasteiger partial charge in [-0.3, -0.25) is 4.79 Å². The van der Waals surface area contributed by atoms with E-state index >= 15 is 13.2 Å². The fourth-order valence-corrected chi connectivity index (χ4v) is 10.2. The number of esters is 1. The fraction of sp³-hybridized carbons (Fsp3) is 0.421. The second kappa shape index (κ2) is 14.4. The van der Waals surface area contributed by atoms with E-state index in [9.17, 15) is 14.7 Å². The van der Waals surface area contributed by atoms with E-state index in [2.05, 4.69) is 34.7 Å². The van der Waals surface area contributed by atoms with E-state index < -0.39 is 65.5 Å². The lowest BCUT2D eigenvalue weighted by Crippen LogP contribution is -2.50. The maximum atomic E-state index is 17.3. The molecule has 0 bridgehead atoms. The number of benzene rings is 2. The van der Waals surface area contributed by atoms with E-state index in [1.165, 1.54) is 0 Å². The summed E-state index contributed by atoms with van der Waals surface area (Å²) in [6.07, 6.45) is 8.24. The molecule has 0 radical (unpaired) electrons. The first-order chi connectivity index (χ1) is 23.1. The highest BCUT2D eigenvalue weighted by atomic mass is 28.3. The van der Waals surface area contributed by atoms with Crippen LogP contribution in [0.25, 0.3) is 5.57 Å². The lowest BCUT2D eigenvalue weighted by molar-refractivity contribution is -0.582. The van der Waals surface area contributed by atoms with Gasteiger partial charge in [0.05, 0.1) is 24.9 Å². The number of ether oxygens (including phenoxy) is 1. The molecule has 0 amide bonds. The van der Waals surface area contributed by atoms with Gasteiger partial charge in [-0.15, -0.1) is 0 Å². The van der Waals surface area contributed by atoms with Crippen LogP contribution in [0.5, 0.6) is 0 Å². The first-order valence-corrected chi connectivity index (χ1v) is 19.3. The Balaban J connectivity index is 0.00000136. The second-order valence-corrected chi connectivity index (χ2v) is 18.5. The molecule has 12 heteroatoms. The topological polar surface area (TPSA) is 107 Å². The molecule has 1 unspecified atom stereocenters. The Bertz CT molecular complexity index is 1910. The molecule has 3 heterocycles. The van der Waals surface area contributed by atoms with E-state index in [1.54, 1.807) is 27.7 Å². The number of rotatable bonds is 6. The van der Waals surface area contributed by atoms with Crippen LogP contribution < -0.4 is 15.2 Å². The molecule has 266 valence electrons. The number of carboxylic acid groups (broad SMARTS) is 1. The van der Waals surface area contributed by atoms with E-state index in [-0.39, 0.29) is 25.8 Å². The Morgan fingerprint density at radius 1 is 1.04 bits per heavy atom. The lowest BCUT2D eigenvalue weighted by Gasteiger charge is -2.40. The summed E-state index contributed by atoms with van der Waals surface area (Å²) < 4.78 is 56.8. The van der Waals surface area contributed by atoms with Crippen molar-refractivity contribution in [3.8, 4) is 0 Å². The SMILES string of the molecule is C.CCOC(=O)C(c1c(F)c(F)c(C(=O)[O-])c(C2=C3C=CC(=[N+]4CCC4)C=C3[Si](C)(C)c3cc(N4CCC4)ccc32)c1F)C(C)(C)C.O=C=O. The average Bonchev–Trinajstić information content (AvgIpc) is 2.96. The summed E-state index contributed by atoms with van der Waals surface area (Å²) in [6.45, 7) is 14.3. The van der Waals surface area contributed by atoms with Gasteiger partial charge >= 0.3 is 12.1 Å². The molecule has 0 spiro atoms. The molecular weight excluding hydrogens is 666 g/mol. The van der Waals surface area contributed by atoms with Crippen molar-refractivity contribution in [2.24, 2.45) is 5.41 Å². The predicted molar refractivity (Wildman–Crippen MR) is 184 cm³/mol. The summed E-state index contributed by atoms with van der Waals surface area (Å²) in [5.74, 6) is -9.35. The van der Waals surface area contributed by atoms with Crippen LogP contribution in [0.4, 0.5) is 18.9 Å². The van der Waals surface area contributed by atoms with Gasteiger partial charge in [-0.05, 0) is 64.1 Å². The van der Waals surface area contributed by atoms with Gasteiger partial charge in [0, 0.05) is 47.6 Å². The molecule has 4 aliphatic rings. The molecule has 2 aromatic rings. The monoisotopic (exact) mass is 708 g/mol. The maximum Gasteiger partial charge on any atom is 0.373 e. The van der Waals surface area contributed by atoms with Crippen LogP contribution in [0, 0.1) is 22.9 Å². The van der Waals surface area contributed by atoms with Crippen LogP contribution in [-0.2, 0) is 19.1 Å². The smallest absolute Gasteiger partial charge is 0.373 e. The quantitative estimate of drug-likeness (QED) is 0.179. The maximum absolute atomic E-state index is 17.3. The van der Waals surface area contributed by atoms with Crippen molar-refractivity contribution in [1.82, 2.24) is 0 Å². The van der Waals surface area contributed by atoms with E-state index in [0.717, 1.165) is 60.8 Å². The van der Waals surface area contributed by atoms with Gasteiger partial charge in [0.25, 0.3) is 0 Å². The molecule has 2 aromatic carbocycles. The molecular formula is C38H43F3N2O6Si. The molecule has 6 rings (SSSR count). The minimum Gasteiger partial charge on any atom is -0.545 e. The second-order valence-electron chi connectivity index (χ2n) is 14.2. The zero-order chi connectivity index (χ0) is 36.0. The average molecular weight is 709 g/mol. The van der Waals surface area contributed by atoms with Crippen molar-refractivity contribution < 1.29 is 46.8 Å². The summed E-state index contributed by atoms with van der Waals surface area (Å²) in [5.41, 5.74) is -0.497. The van der Waals surface area contributed by atoms with Gasteiger partial charge in [-0.25, -0.2) is 17.7 Å². The number of aromatic carboxylic acids is 1. The van der Waals surface area contributed by atoms with Crippen LogP contribution >= 0.6 is 0 Å². The normalized spacial score (nSPS) is 17.8. The standard InChI is InChI=1S/C36H39F3N2O4Si.CO2.CH4/c1-7-45-35(44)30(36(2,3)4)29-31(37)27(28(34(42)43)32(38)33(29)39)26-22-12-10-20(40-14-8-15-40)18-24(22)46(5,6)25-19-21(11-13-23(25)26)41-16-9-17-41;2-1-3;/h10-13,18-19,30H,7-9,14-17H2,1-6H3;;1H4. The zero-order valence-electron chi connectivity index (χ0n) is 28.5. The minimum atomic E-state index is -2.52. The molecule has 2 fully saturated rings. The van der Waals surface area contributed by atoms with Crippen molar-refractivity contribution in [1.29, 1.82) is 0 Å². The first-order valence-electron chi connectivity index (χ1n) is 16.3. The summed E-state index contributed by atoms with van der Waals surface area (Å²) in [6, 6.07) is 5.84. The summed E-state index contributed by atoms with van der Waals surface area (Å²) in [4.78, 5) is 44.4. The summed E-state index contributed by atoms with van der Waals surface area (Å²) >= 11 is 0. The third kappa shape index (κ3) is 6.42. The molecule has 1 atom stereocenters. The van der Waals surface area contributed by atoms with Crippen LogP contribution in [0.15, 0.2) is 47.2 Å². The van der Waals surface area contributed by atoms with Crippen LogP contribution in [0.3, 0.4) is 0 Å². The summed E-state index contributed by atoms with van der Waals surface area (Å²) in [5, 5.41) is 14.5. The number of carbonyl (C=O) groups excluding carboxylic acids is 4. The highest BCUT2D eigenvalue weighted by Gasteiger charge is 2.45. The first kappa shape index (κ1) is 38.3. The Hall–Kier alpha value is -4.54. The lowest BCUT2D eigenvalue weighted by atomic mass is 9.74. The number of anilines is 1. The van der Waals surface area contributed by atoms with Crippen molar-refractivity contribution in [2.45, 2.75) is 67.0 Å². The van der Waals surface area contributed by atoms with Crippen LogP contribution in [0.2, 0.25) is 13.1 Å². The van der Waals surface area contributed by atoms with Gasteiger partial charge < -0.3 is 19.5 Å². The minimum absolute atomic E-state index is 0. The van der Waals surface area contributed by atoms with E-state index in [4.69, 9.17) is 14.3 Å². The van der Waals surface area contributed by atoms with Crippen molar-refractivity contribution >= 4 is 48.3 Å². The molecule has 8 nitrogen and oxygen atoms in total. The Morgan fingerprint density at radius 3 is 2.18 bits per heavy atom. The number of carboxylic acids is 1. The number of allylic oxidation sites excluding steroid dienone is 5. The van der Waals surface area contributed by atoms with Crippen molar-refractivity contribution in [2.75, 3.05) is 37.7 Å². The van der Waals surface area contributed by atoms with E-state index in [0.29, 0.717) is 11.1 Å². The highest BCUT2D eigenvalue weighted by Crippen LogP contribution is 2.47. The fourth-order valence-electron chi connectivity index (χ4n) is 7.12. The largest absolute Gasteiger partial charge is 0.545 e. The van der Waals surface area contributed by atoms with E-state index in [1.807, 2.05) is 24.3 Å². The number of carbonyl (C=O) groups is 2. The highest BCUT2D eigenvalue weighted by molar-refractivity contribution is 6.98. The number of halogens is 3. The number of hydrogen-bond donors (Lipinski definition) is 0. The van der Waals surface area contributed by atoms with Gasteiger partial charge in [0.1, 0.15) is 27.0 Å². The van der Waals surface area contributed by atoms with Gasteiger partial charge in [0.2, 0.25) is 0 Å². The van der Waals surface area contributed by atoms with Crippen molar-refractivity contribution in [3.63, 3.8) is 0 Å².